The Balaban J connectivity index is 1.69. The summed E-state index contributed by atoms with van der Waals surface area (Å²) in [6.07, 6.45) is 1.64. The normalized spacial score (nSPS) is 16.8. The van der Waals surface area contributed by atoms with Crippen LogP contribution in [0.3, 0.4) is 0 Å². The predicted molar refractivity (Wildman–Crippen MR) is 92.6 cm³/mol. The Labute approximate surface area is 150 Å². The number of ether oxygens (including phenoxy) is 1. The third kappa shape index (κ3) is 4.30. The van der Waals surface area contributed by atoms with Gasteiger partial charge in [-0.1, -0.05) is 23.2 Å². The van der Waals surface area contributed by atoms with E-state index in [1.807, 2.05) is 12.1 Å². The number of nitrogens with zero attached hydrogens (tertiary/aromatic N) is 1. The van der Waals surface area contributed by atoms with Crippen molar-refractivity contribution in [2.45, 2.75) is 6.04 Å². The molecule has 0 saturated carbocycles. The van der Waals surface area contributed by atoms with Crippen LogP contribution >= 0.6 is 23.2 Å². The van der Waals surface area contributed by atoms with Crippen LogP contribution in [-0.4, -0.2) is 43.7 Å². The second-order valence-corrected chi connectivity index (χ2v) is 6.42. The largest absolute Gasteiger partial charge is 0.468 e. The van der Waals surface area contributed by atoms with E-state index in [4.69, 9.17) is 32.4 Å². The number of carbonyl (C=O) groups excluding carboxylic acids is 1. The minimum Gasteiger partial charge on any atom is -0.468 e. The summed E-state index contributed by atoms with van der Waals surface area (Å²) in [5.41, 5.74) is 0.438. The monoisotopic (exact) mass is 368 g/mol. The van der Waals surface area contributed by atoms with Crippen LogP contribution in [0.1, 0.15) is 22.2 Å². The van der Waals surface area contributed by atoms with Crippen LogP contribution in [0.4, 0.5) is 0 Å². The molecule has 1 aromatic heterocycles. The average Bonchev–Trinajstić information content (AvgIpc) is 3.09. The highest BCUT2D eigenvalue weighted by molar-refractivity contribution is 6.35. The summed E-state index contributed by atoms with van der Waals surface area (Å²) < 4.78 is 10.9. The van der Waals surface area contributed by atoms with E-state index in [1.165, 1.54) is 0 Å². The third-order valence-corrected chi connectivity index (χ3v) is 4.38. The summed E-state index contributed by atoms with van der Waals surface area (Å²) in [7, 11) is 0. The van der Waals surface area contributed by atoms with E-state index >= 15 is 0 Å². The van der Waals surface area contributed by atoms with Crippen LogP contribution in [0, 0.1) is 0 Å². The van der Waals surface area contributed by atoms with Crippen molar-refractivity contribution >= 4 is 29.1 Å². The molecule has 0 radical (unpaired) electrons. The summed E-state index contributed by atoms with van der Waals surface area (Å²) in [5.74, 6) is 0.602. The maximum absolute atomic E-state index is 12.4. The predicted octanol–water partition coefficient (Wildman–Crippen LogP) is 3.39. The molecule has 0 aliphatic carbocycles. The summed E-state index contributed by atoms with van der Waals surface area (Å²) in [6, 6.07) is 8.52. The fourth-order valence-electron chi connectivity index (χ4n) is 2.76. The second kappa shape index (κ2) is 8.03. The Morgan fingerprint density at radius 3 is 2.54 bits per heavy atom. The number of amides is 1. The van der Waals surface area contributed by atoms with Crippen LogP contribution < -0.4 is 5.32 Å². The van der Waals surface area contributed by atoms with E-state index in [1.54, 1.807) is 24.5 Å². The number of carbonyl (C=O) groups is 1. The quantitative estimate of drug-likeness (QED) is 0.878. The molecule has 1 N–H and O–H groups in total. The zero-order chi connectivity index (χ0) is 16.9. The van der Waals surface area contributed by atoms with Crippen molar-refractivity contribution in [3.63, 3.8) is 0 Å². The molecule has 2 heterocycles. The van der Waals surface area contributed by atoms with Gasteiger partial charge in [-0.3, -0.25) is 9.69 Å². The van der Waals surface area contributed by atoms with Crippen LogP contribution in [0.25, 0.3) is 0 Å². The molecule has 1 aliphatic rings. The minimum absolute atomic E-state index is 0.0393. The first kappa shape index (κ1) is 17.3. The summed E-state index contributed by atoms with van der Waals surface area (Å²) in [6.45, 7) is 3.37. The number of morpholine rings is 1. The van der Waals surface area contributed by atoms with E-state index in [-0.39, 0.29) is 11.9 Å². The Bertz CT molecular complexity index is 665. The molecule has 5 nitrogen and oxygen atoms in total. The number of nitrogens with one attached hydrogen (secondary N) is 1. The van der Waals surface area contributed by atoms with Gasteiger partial charge in [-0.15, -0.1) is 0 Å². The fourth-order valence-corrected chi connectivity index (χ4v) is 3.28. The van der Waals surface area contributed by atoms with Crippen LogP contribution in [-0.2, 0) is 4.74 Å². The summed E-state index contributed by atoms with van der Waals surface area (Å²) in [5, 5.41) is 3.81. The molecule has 2 aromatic rings. The maximum atomic E-state index is 12.4. The second-order valence-electron chi connectivity index (χ2n) is 5.55. The lowest BCUT2D eigenvalue weighted by molar-refractivity contribution is 0.0118. The van der Waals surface area contributed by atoms with E-state index in [0.29, 0.717) is 35.4 Å². The van der Waals surface area contributed by atoms with Gasteiger partial charge in [0.1, 0.15) is 5.76 Å². The van der Waals surface area contributed by atoms with Gasteiger partial charge in [0.25, 0.3) is 5.91 Å². The van der Waals surface area contributed by atoms with Crippen molar-refractivity contribution in [2.75, 3.05) is 32.8 Å². The lowest BCUT2D eigenvalue weighted by Crippen LogP contribution is -2.43. The van der Waals surface area contributed by atoms with Crippen molar-refractivity contribution in [2.24, 2.45) is 0 Å². The van der Waals surface area contributed by atoms with Gasteiger partial charge in [0, 0.05) is 35.2 Å². The first-order chi connectivity index (χ1) is 11.6. The van der Waals surface area contributed by atoms with Gasteiger partial charge in [-0.2, -0.15) is 0 Å². The Hall–Kier alpha value is -1.53. The highest BCUT2D eigenvalue weighted by Crippen LogP contribution is 2.22. The van der Waals surface area contributed by atoms with Crippen molar-refractivity contribution in [1.29, 1.82) is 0 Å². The van der Waals surface area contributed by atoms with Crippen LogP contribution in [0.5, 0.6) is 0 Å². The lowest BCUT2D eigenvalue weighted by Gasteiger charge is -2.33. The fraction of sp³-hybridized carbons (Fsp3) is 0.353. The van der Waals surface area contributed by atoms with Crippen molar-refractivity contribution in [3.8, 4) is 0 Å². The molecule has 128 valence electrons. The summed E-state index contributed by atoms with van der Waals surface area (Å²) in [4.78, 5) is 14.6. The Morgan fingerprint density at radius 2 is 1.92 bits per heavy atom. The Morgan fingerprint density at radius 1 is 1.21 bits per heavy atom. The van der Waals surface area contributed by atoms with E-state index in [0.717, 1.165) is 18.8 Å². The zero-order valence-corrected chi connectivity index (χ0v) is 14.5. The van der Waals surface area contributed by atoms with Gasteiger partial charge in [0.2, 0.25) is 0 Å². The third-order valence-electron chi connectivity index (χ3n) is 3.94. The zero-order valence-electron chi connectivity index (χ0n) is 13.0. The first-order valence-electron chi connectivity index (χ1n) is 7.73. The topological polar surface area (TPSA) is 54.7 Å². The van der Waals surface area contributed by atoms with Gasteiger partial charge in [0.15, 0.2) is 0 Å². The molecule has 1 saturated heterocycles. The Kier molecular flexibility index (Phi) is 5.79. The van der Waals surface area contributed by atoms with E-state index in [9.17, 15) is 4.79 Å². The molecule has 1 aliphatic heterocycles. The SMILES string of the molecule is O=C(NCC(c1ccco1)N1CCOCC1)c1cc(Cl)cc(Cl)c1. The smallest absolute Gasteiger partial charge is 0.251 e. The first-order valence-corrected chi connectivity index (χ1v) is 8.48. The highest BCUT2D eigenvalue weighted by Gasteiger charge is 2.25. The van der Waals surface area contributed by atoms with Crippen LogP contribution in [0.15, 0.2) is 41.0 Å². The molecule has 7 heteroatoms. The molecule has 1 unspecified atom stereocenters. The molecule has 1 amide bonds. The number of hydrogen-bond acceptors (Lipinski definition) is 4. The van der Waals surface area contributed by atoms with Gasteiger partial charge in [0.05, 0.1) is 25.5 Å². The average molecular weight is 369 g/mol. The maximum Gasteiger partial charge on any atom is 0.251 e. The number of rotatable bonds is 5. The number of hydrogen-bond donors (Lipinski definition) is 1. The molecule has 24 heavy (non-hydrogen) atoms. The molecular formula is C17H18Cl2N2O3. The van der Waals surface area contributed by atoms with Gasteiger partial charge >= 0.3 is 0 Å². The number of halogens is 2. The van der Waals surface area contributed by atoms with Gasteiger partial charge in [-0.05, 0) is 30.3 Å². The molecule has 0 spiro atoms. The van der Waals surface area contributed by atoms with Gasteiger partial charge in [-0.25, -0.2) is 0 Å². The molecule has 3 rings (SSSR count). The van der Waals surface area contributed by atoms with E-state index in [2.05, 4.69) is 10.2 Å². The summed E-state index contributed by atoms with van der Waals surface area (Å²) >= 11 is 11.9. The molecule has 1 aromatic carbocycles. The molecule has 1 fully saturated rings. The lowest BCUT2D eigenvalue weighted by atomic mass is 10.1. The van der Waals surface area contributed by atoms with Gasteiger partial charge < -0.3 is 14.5 Å². The van der Waals surface area contributed by atoms with Crippen molar-refractivity contribution in [1.82, 2.24) is 10.2 Å². The number of furan rings is 1. The number of benzene rings is 1. The highest BCUT2D eigenvalue weighted by atomic mass is 35.5. The van der Waals surface area contributed by atoms with Crippen LogP contribution in [0.2, 0.25) is 10.0 Å². The van der Waals surface area contributed by atoms with Crippen molar-refractivity contribution < 1.29 is 13.9 Å². The standard InChI is InChI=1S/C17H18Cl2N2O3/c18-13-8-12(9-14(19)10-13)17(22)20-11-15(16-2-1-5-24-16)21-3-6-23-7-4-21/h1-2,5,8-10,15H,3-4,6-7,11H2,(H,20,22). The minimum atomic E-state index is -0.218. The molecular weight excluding hydrogens is 351 g/mol. The molecule has 0 bridgehead atoms. The van der Waals surface area contributed by atoms with Crippen molar-refractivity contribution in [3.05, 3.63) is 58.0 Å². The van der Waals surface area contributed by atoms with E-state index < -0.39 is 0 Å². The molecule has 1 atom stereocenters.